The van der Waals surface area contributed by atoms with Gasteiger partial charge in [-0.2, -0.15) is 0 Å². The van der Waals surface area contributed by atoms with Gasteiger partial charge in [0.25, 0.3) is 0 Å². The van der Waals surface area contributed by atoms with E-state index in [0.29, 0.717) is 5.69 Å². The van der Waals surface area contributed by atoms with Gasteiger partial charge in [0.15, 0.2) is 0 Å². The molecule has 0 saturated carbocycles. The molecule has 0 spiro atoms. The van der Waals surface area contributed by atoms with Crippen molar-refractivity contribution in [3.8, 4) is 0 Å². The Hall–Kier alpha value is -0.830. The number of hydrogen-bond acceptors (Lipinski definition) is 6. The first-order valence-electron chi connectivity index (χ1n) is 8.02. The number of nitrogens with zero attached hydrogens (tertiary/aromatic N) is 2. The molecule has 3 rings (SSSR count). The molecule has 0 amide bonds. The summed E-state index contributed by atoms with van der Waals surface area (Å²) >= 11 is -2.83. The Labute approximate surface area is 157 Å². The van der Waals surface area contributed by atoms with E-state index < -0.39 is 34.3 Å². The number of piperidine rings is 1. The Kier molecular flexibility index (Phi) is 8.87. The molecule has 2 aliphatic heterocycles. The van der Waals surface area contributed by atoms with Crippen LogP contribution in [0.15, 0.2) is 41.7 Å². The monoisotopic (exact) mass is 451 g/mol. The van der Waals surface area contributed by atoms with Crippen LogP contribution in [0, 0.1) is 0 Å². The normalized spacial score (nSPS) is 18.1. The summed E-state index contributed by atoms with van der Waals surface area (Å²) in [6.07, 6.45) is 6.03. The van der Waals surface area contributed by atoms with E-state index in [1.54, 1.807) is 12.1 Å². The molecule has 0 aliphatic carbocycles. The number of hydrogen-bond donors (Lipinski definition) is 1. The number of nitrogen functional groups attached to an aromatic ring is 1. The van der Waals surface area contributed by atoms with Crippen molar-refractivity contribution in [2.24, 2.45) is 2.98 Å². The van der Waals surface area contributed by atoms with Crippen LogP contribution in [0.3, 0.4) is 0 Å². The van der Waals surface area contributed by atoms with Gasteiger partial charge in [-0.3, -0.25) is 4.21 Å². The number of ether oxygens (including phenoxy) is 1. The second-order valence-corrected chi connectivity index (χ2v) is 9.14. The molecule has 1 radical (unpaired) electrons. The van der Waals surface area contributed by atoms with E-state index in [1.807, 2.05) is 6.21 Å². The summed E-state index contributed by atoms with van der Waals surface area (Å²) in [5.74, 6) is 1.03. The van der Waals surface area contributed by atoms with Crippen LogP contribution >= 0.6 is 0 Å². The second kappa shape index (κ2) is 10.9. The van der Waals surface area contributed by atoms with Gasteiger partial charge in [-0.05, 0) is 35.3 Å². The largest absolute Gasteiger partial charge is 0.768 e. The predicted octanol–water partition coefficient (Wildman–Crippen LogP) is 1.54. The average Bonchev–Trinajstić information content (AvgIpc) is 3.10. The number of benzene rings is 1. The molecule has 1 unspecified atom stereocenters. The van der Waals surface area contributed by atoms with Crippen molar-refractivity contribution in [1.29, 1.82) is 0 Å². The molecule has 24 heavy (non-hydrogen) atoms. The molecule has 0 aromatic heterocycles. The summed E-state index contributed by atoms with van der Waals surface area (Å²) in [5.41, 5.74) is 5.89. The van der Waals surface area contributed by atoms with Crippen molar-refractivity contribution in [2.75, 3.05) is 32.0 Å². The Morgan fingerprint density at radius 2 is 1.96 bits per heavy atom. The van der Waals surface area contributed by atoms with Crippen molar-refractivity contribution in [3.05, 3.63) is 33.9 Å². The molecule has 2 N–H and O–H groups in total. The molecular formula is C16H22InN3O3S-. The van der Waals surface area contributed by atoms with Crippen molar-refractivity contribution in [1.82, 2.24) is 4.90 Å². The maximum absolute atomic E-state index is 10.3. The van der Waals surface area contributed by atoms with E-state index in [0.717, 1.165) is 18.9 Å². The van der Waals surface area contributed by atoms with Crippen molar-refractivity contribution < 1.29 is 13.5 Å². The maximum Gasteiger partial charge on any atom is 0.0314 e. The van der Waals surface area contributed by atoms with Gasteiger partial charge >= 0.3 is 97.1 Å². The van der Waals surface area contributed by atoms with Crippen LogP contribution in [-0.4, -0.2) is 69.3 Å². The number of nitrogens with two attached hydrogens (primary N) is 1. The smallest absolute Gasteiger partial charge is 0.0314 e. The fourth-order valence-electron chi connectivity index (χ4n) is 2.42. The fraction of sp³-hybridized carbons (Fsp3) is 0.438. The summed E-state index contributed by atoms with van der Waals surface area (Å²) in [7, 11) is 0. The maximum atomic E-state index is 10.3. The van der Waals surface area contributed by atoms with E-state index >= 15 is 0 Å². The van der Waals surface area contributed by atoms with Crippen LogP contribution in [0.5, 0.6) is 0 Å². The van der Waals surface area contributed by atoms with E-state index in [4.69, 9.17) is 10.5 Å². The van der Waals surface area contributed by atoms with Gasteiger partial charge in [0.2, 0.25) is 0 Å². The molecule has 1 fully saturated rings. The molecule has 1 aromatic rings. The van der Waals surface area contributed by atoms with Gasteiger partial charge in [0, 0.05) is 10.6 Å². The van der Waals surface area contributed by atoms with E-state index in [9.17, 15) is 8.76 Å². The van der Waals surface area contributed by atoms with Crippen molar-refractivity contribution >= 4 is 46.2 Å². The van der Waals surface area contributed by atoms with Crippen LogP contribution in [0.2, 0.25) is 0 Å². The van der Waals surface area contributed by atoms with E-state index in [-0.39, 0.29) is 4.90 Å². The molecule has 6 nitrogen and oxygen atoms in total. The summed E-state index contributed by atoms with van der Waals surface area (Å²) < 4.78 is 32.6. The first-order valence-corrected chi connectivity index (χ1v) is 12.5. The molecule has 8 heteroatoms. The SMILES string of the molecule is C1=[N][In][CH]=C1OCCN1CCCCC1.Nc1ccc(S(=O)[O-])cc1. The Morgan fingerprint density at radius 3 is 2.54 bits per heavy atom. The number of likely N-dealkylation sites (tertiary alicyclic amines) is 1. The van der Waals surface area contributed by atoms with Crippen molar-refractivity contribution in [3.63, 3.8) is 0 Å². The minimum atomic E-state index is -2.14. The summed E-state index contributed by atoms with van der Waals surface area (Å²) in [6, 6.07) is 6.01. The zero-order chi connectivity index (χ0) is 17.2. The zero-order valence-electron chi connectivity index (χ0n) is 13.6. The predicted molar refractivity (Wildman–Crippen MR) is 96.6 cm³/mol. The Morgan fingerprint density at radius 1 is 1.25 bits per heavy atom. The standard InChI is InChI=1S/C10H16N2O.C6H7NO2S.In/c1-10(9-11)13-8-7-12-5-3-2-4-6-12;7-5-1-3-6(4-2-5)10(8)9;/h1,9H,2-8H2;1-4H,7H2,(H,8,9);/q-1;;+1/p-1. The Bertz CT molecular complexity index is 587. The average molecular weight is 451 g/mol. The minimum Gasteiger partial charge on any atom is -0.768 e. The Balaban J connectivity index is 0.000000185. The quantitative estimate of drug-likeness (QED) is 0.542. The van der Waals surface area contributed by atoms with Gasteiger partial charge in [-0.25, -0.2) is 0 Å². The van der Waals surface area contributed by atoms with Crippen molar-refractivity contribution in [2.45, 2.75) is 24.2 Å². The van der Waals surface area contributed by atoms with Gasteiger partial charge in [-0.15, -0.1) is 0 Å². The van der Waals surface area contributed by atoms with Gasteiger partial charge in [0.05, 0.1) is 0 Å². The number of allylic oxidation sites excluding steroid dienone is 1. The molecule has 1 atom stereocenters. The topological polar surface area (TPSA) is 91.0 Å². The van der Waals surface area contributed by atoms with Crippen LogP contribution in [0.1, 0.15) is 19.3 Å². The van der Waals surface area contributed by atoms with Gasteiger partial charge in [0.1, 0.15) is 0 Å². The third kappa shape index (κ3) is 7.38. The van der Waals surface area contributed by atoms with Crippen LogP contribution < -0.4 is 5.73 Å². The molecule has 2 heterocycles. The second-order valence-electron chi connectivity index (χ2n) is 5.55. The molecule has 129 valence electrons. The number of rotatable bonds is 5. The molecular weight excluding hydrogens is 429 g/mol. The van der Waals surface area contributed by atoms with Gasteiger partial charge in [-0.1, -0.05) is 0 Å². The van der Waals surface area contributed by atoms with Crippen LogP contribution in [0.25, 0.3) is 0 Å². The van der Waals surface area contributed by atoms with Crippen LogP contribution in [-0.2, 0) is 15.8 Å². The van der Waals surface area contributed by atoms with E-state index in [1.165, 1.54) is 44.5 Å². The summed E-state index contributed by atoms with van der Waals surface area (Å²) in [6.45, 7) is 4.43. The molecule has 0 bridgehead atoms. The summed E-state index contributed by atoms with van der Waals surface area (Å²) in [5, 5.41) is 0. The fourth-order valence-corrected chi connectivity index (χ4v) is 4.62. The third-order valence-corrected chi connectivity index (χ3v) is 6.66. The molecule has 1 saturated heterocycles. The first kappa shape index (κ1) is 19.5. The third-order valence-electron chi connectivity index (χ3n) is 3.72. The molecule has 2 aliphatic rings. The summed E-state index contributed by atoms with van der Waals surface area (Å²) in [4.78, 5) is 2.76. The van der Waals surface area contributed by atoms with Crippen LogP contribution in [0.4, 0.5) is 5.69 Å². The minimum absolute atomic E-state index is 0.259. The first-order chi connectivity index (χ1) is 11.6. The molecule has 1 aromatic carbocycles. The number of anilines is 1. The van der Waals surface area contributed by atoms with Gasteiger partial charge < -0.3 is 10.3 Å². The zero-order valence-corrected chi connectivity index (χ0v) is 17.7. The van der Waals surface area contributed by atoms with E-state index in [2.05, 4.69) is 11.7 Å².